The van der Waals surface area contributed by atoms with Gasteiger partial charge in [-0.05, 0) is 0 Å². The van der Waals surface area contributed by atoms with Gasteiger partial charge in [-0.1, -0.05) is 0 Å². The lowest BCUT2D eigenvalue weighted by atomic mass is 9.80. The highest BCUT2D eigenvalue weighted by Crippen LogP contribution is 2.67. The molecule has 0 radical (unpaired) electrons. The van der Waals surface area contributed by atoms with Crippen LogP contribution in [-0.2, 0) is 4.74 Å². The number of hydrogen-bond donors (Lipinski definition) is 0. The molecule has 0 saturated carbocycles. The maximum absolute atomic E-state index is 13.6. The second-order valence-electron chi connectivity index (χ2n) is 4.45. The number of rotatable bonds is 2. The van der Waals surface area contributed by atoms with E-state index < -0.39 is 48.0 Å². The third-order valence-electron chi connectivity index (χ3n) is 2.97. The summed E-state index contributed by atoms with van der Waals surface area (Å²) < 4.78 is 192. The van der Waals surface area contributed by atoms with Crippen LogP contribution in [0.4, 0.5) is 65.9 Å². The first-order chi connectivity index (χ1) is 10.1. The molecule has 0 aromatic heterocycles. The van der Waals surface area contributed by atoms with Crippen LogP contribution in [0, 0.1) is 0 Å². The van der Waals surface area contributed by atoms with Crippen LogP contribution in [0.15, 0.2) is 0 Å². The van der Waals surface area contributed by atoms with Crippen molar-refractivity contribution in [1.29, 1.82) is 0 Å². The third-order valence-corrected chi connectivity index (χ3v) is 2.97. The Morgan fingerprint density at radius 3 is 1.42 bits per heavy atom. The normalized spacial score (nSPS) is 33.4. The Bertz CT molecular complexity index is 506. The minimum Gasteiger partial charge on any atom is -0.276 e. The average Bonchev–Trinajstić information content (AvgIpc) is 2.33. The van der Waals surface area contributed by atoms with Crippen molar-refractivity contribution in [1.82, 2.24) is 0 Å². The molecule has 24 heavy (non-hydrogen) atoms. The van der Waals surface area contributed by atoms with E-state index in [9.17, 15) is 65.9 Å². The molecule has 0 aliphatic carbocycles. The first-order valence-corrected chi connectivity index (χ1v) is 5.09. The van der Waals surface area contributed by atoms with Crippen molar-refractivity contribution in [2.24, 2.45) is 0 Å². The van der Waals surface area contributed by atoms with Crippen LogP contribution in [0.1, 0.15) is 0 Å². The molecule has 0 aromatic carbocycles. The summed E-state index contributed by atoms with van der Waals surface area (Å²) in [5.74, 6) is -30.9. The zero-order valence-electron chi connectivity index (χ0n) is 10.2. The fraction of sp³-hybridized carbons (Fsp3) is 1.00. The smallest absolute Gasteiger partial charge is 0.276 e. The van der Waals surface area contributed by atoms with Gasteiger partial charge in [-0.2, -0.15) is 57.1 Å². The second-order valence-corrected chi connectivity index (χ2v) is 4.45. The van der Waals surface area contributed by atoms with Crippen molar-refractivity contribution >= 4 is 0 Å². The van der Waals surface area contributed by atoms with Crippen LogP contribution in [0.2, 0.25) is 0 Å². The van der Waals surface area contributed by atoms with E-state index in [1.807, 2.05) is 4.74 Å². The number of ether oxygens (including phenoxy) is 1. The van der Waals surface area contributed by atoms with Crippen LogP contribution >= 0.6 is 0 Å². The summed E-state index contributed by atoms with van der Waals surface area (Å²) >= 11 is 0. The molecule has 0 amide bonds. The Kier molecular flexibility index (Phi) is 4.15. The highest BCUT2D eigenvalue weighted by Gasteiger charge is 2.99. The topological polar surface area (TPSA) is 9.23 Å². The van der Waals surface area contributed by atoms with Gasteiger partial charge in [0.25, 0.3) is 6.36 Å². The quantitative estimate of drug-likeness (QED) is 0.612. The van der Waals surface area contributed by atoms with Crippen molar-refractivity contribution in [2.75, 3.05) is 0 Å². The molecular weight excluding hydrogens is 397 g/mol. The molecule has 1 rings (SSSR count). The molecule has 1 aliphatic rings. The van der Waals surface area contributed by atoms with Gasteiger partial charge in [0.15, 0.2) is 0 Å². The monoisotopic (exact) mass is 398 g/mol. The van der Waals surface area contributed by atoms with Crippen LogP contribution in [0.3, 0.4) is 0 Å². The van der Waals surface area contributed by atoms with E-state index in [-0.39, 0.29) is 0 Å². The molecule has 16 heteroatoms. The molecule has 1 nitrogen and oxygen atoms in total. The van der Waals surface area contributed by atoms with Crippen LogP contribution in [0.5, 0.6) is 0 Å². The summed E-state index contributed by atoms with van der Waals surface area (Å²) in [6, 6.07) is 0. The molecule has 1 aliphatic heterocycles. The lowest BCUT2D eigenvalue weighted by Crippen LogP contribution is -2.82. The van der Waals surface area contributed by atoms with E-state index in [4.69, 9.17) is 0 Å². The molecule has 1 fully saturated rings. The molecule has 0 aromatic rings. The zero-order chi connectivity index (χ0) is 19.8. The Balaban J connectivity index is 3.79. The predicted octanol–water partition coefficient (Wildman–Crippen LogP) is 4.72. The van der Waals surface area contributed by atoms with Gasteiger partial charge in [0.05, 0.1) is 0 Å². The Labute approximate surface area is 120 Å². The van der Waals surface area contributed by atoms with E-state index in [1.165, 1.54) is 0 Å². The van der Waals surface area contributed by atoms with Gasteiger partial charge in [0, 0.05) is 0 Å². The second kappa shape index (κ2) is 4.75. The highest BCUT2D eigenvalue weighted by atomic mass is 19.4. The van der Waals surface area contributed by atoms with Crippen LogP contribution < -0.4 is 0 Å². The standard InChI is InChI=1S/C8HF15O/c9-1-2(10,11)4(13,14)3(12,8(22,23)24-1)5(15,16)6(17,18)7(19,20)21/h1H. The van der Waals surface area contributed by atoms with E-state index in [1.54, 1.807) is 0 Å². The number of halogens is 15. The van der Waals surface area contributed by atoms with Crippen LogP contribution in [0.25, 0.3) is 0 Å². The molecule has 1 saturated heterocycles. The molecule has 0 spiro atoms. The maximum Gasteiger partial charge on any atom is 0.460 e. The van der Waals surface area contributed by atoms with Gasteiger partial charge in [-0.3, -0.25) is 4.74 Å². The minimum absolute atomic E-state index is 1.95. The number of hydrogen-bond acceptors (Lipinski definition) is 1. The summed E-state index contributed by atoms with van der Waals surface area (Å²) in [7, 11) is 0. The van der Waals surface area contributed by atoms with Crippen molar-refractivity contribution in [3.05, 3.63) is 0 Å². The Morgan fingerprint density at radius 2 is 1.08 bits per heavy atom. The summed E-state index contributed by atoms with van der Waals surface area (Å²) in [6.45, 7) is 0. The third kappa shape index (κ3) is 2.03. The van der Waals surface area contributed by atoms with E-state index >= 15 is 0 Å². The van der Waals surface area contributed by atoms with Gasteiger partial charge in [-0.25, -0.2) is 8.78 Å². The van der Waals surface area contributed by atoms with E-state index in [0.717, 1.165) is 0 Å². The first-order valence-electron chi connectivity index (χ1n) is 5.09. The number of alkyl halides is 15. The minimum atomic E-state index is -8.20. The van der Waals surface area contributed by atoms with E-state index in [0.29, 0.717) is 0 Å². The SMILES string of the molecule is FC1OC(F)(F)C(F)(C(F)(F)C(F)(F)C(F)(F)F)C(F)(F)C1(F)F. The molecule has 0 N–H and O–H groups in total. The molecular formula is C8HF15O. The Morgan fingerprint density at radius 1 is 0.708 bits per heavy atom. The van der Waals surface area contributed by atoms with Gasteiger partial charge in [-0.15, -0.1) is 0 Å². The maximum atomic E-state index is 13.6. The van der Waals surface area contributed by atoms with Crippen molar-refractivity contribution < 1.29 is 70.6 Å². The predicted molar refractivity (Wildman–Crippen MR) is 40.6 cm³/mol. The van der Waals surface area contributed by atoms with Crippen molar-refractivity contribution in [2.45, 2.75) is 48.0 Å². The highest BCUT2D eigenvalue weighted by molar-refractivity contribution is 5.21. The van der Waals surface area contributed by atoms with E-state index in [2.05, 4.69) is 0 Å². The lowest BCUT2D eigenvalue weighted by molar-refractivity contribution is -0.526. The van der Waals surface area contributed by atoms with Gasteiger partial charge in [0.1, 0.15) is 0 Å². The van der Waals surface area contributed by atoms with Crippen molar-refractivity contribution in [3.8, 4) is 0 Å². The fourth-order valence-electron chi connectivity index (χ4n) is 1.61. The fourth-order valence-corrected chi connectivity index (χ4v) is 1.61. The zero-order valence-corrected chi connectivity index (χ0v) is 10.2. The molecule has 2 unspecified atom stereocenters. The summed E-state index contributed by atoms with van der Waals surface area (Å²) in [4.78, 5) is 0. The average molecular weight is 398 g/mol. The lowest BCUT2D eigenvalue weighted by Gasteiger charge is -2.50. The van der Waals surface area contributed by atoms with Crippen LogP contribution in [-0.4, -0.2) is 48.0 Å². The molecule has 144 valence electrons. The summed E-state index contributed by atoms with van der Waals surface area (Å²) in [5, 5.41) is 0. The largest absolute Gasteiger partial charge is 0.460 e. The van der Waals surface area contributed by atoms with Crippen molar-refractivity contribution in [3.63, 3.8) is 0 Å². The molecule has 1 heterocycles. The molecule has 0 bridgehead atoms. The van der Waals surface area contributed by atoms with Gasteiger partial charge >= 0.3 is 41.6 Å². The van der Waals surface area contributed by atoms with Gasteiger partial charge in [0.2, 0.25) is 0 Å². The molecule has 2 atom stereocenters. The first kappa shape index (κ1) is 21.0. The summed E-state index contributed by atoms with van der Waals surface area (Å²) in [6.07, 6.45) is -20.0. The summed E-state index contributed by atoms with van der Waals surface area (Å²) in [5.41, 5.74) is -7.96. The Hall–Kier alpha value is -1.09. The van der Waals surface area contributed by atoms with Gasteiger partial charge < -0.3 is 0 Å².